The number of aryl methyl sites for hydroxylation is 3. The number of aromatic nitrogens is 4. The molecule has 0 aliphatic heterocycles. The first-order chi connectivity index (χ1) is 14.5. The molecule has 2 heterocycles. The van der Waals surface area contributed by atoms with Crippen LogP contribution < -0.4 is 4.57 Å². The van der Waals surface area contributed by atoms with E-state index in [0.29, 0.717) is 0 Å². The van der Waals surface area contributed by atoms with E-state index in [1.807, 2.05) is 10.9 Å². The van der Waals surface area contributed by atoms with Crippen molar-refractivity contribution in [3.63, 3.8) is 0 Å². The van der Waals surface area contributed by atoms with Crippen molar-refractivity contribution in [1.82, 2.24) is 19.7 Å². The number of nitrogens with zero attached hydrogens (tertiary/aromatic N) is 4. The molecule has 30 heavy (non-hydrogen) atoms. The zero-order valence-electron chi connectivity index (χ0n) is 18.3. The van der Waals surface area contributed by atoms with Crippen LogP contribution in [0.1, 0.15) is 29.4 Å². The number of hydrogen-bond acceptors (Lipinski definition) is 2. The summed E-state index contributed by atoms with van der Waals surface area (Å²) < 4.78 is 4.24. The van der Waals surface area contributed by atoms with Crippen molar-refractivity contribution in [3.05, 3.63) is 89.6 Å². The lowest BCUT2D eigenvalue weighted by molar-refractivity contribution is -0.700. The monoisotopic (exact) mass is 400 g/mol. The largest absolute Gasteiger partial charge is 0.291 e. The Hall–Kier alpha value is -3.18. The van der Waals surface area contributed by atoms with E-state index in [4.69, 9.17) is 5.10 Å². The highest BCUT2D eigenvalue weighted by molar-refractivity contribution is 5.64. The van der Waals surface area contributed by atoms with E-state index < -0.39 is 0 Å². The minimum atomic E-state index is 0.817. The van der Waals surface area contributed by atoms with Crippen molar-refractivity contribution < 1.29 is 4.57 Å². The van der Waals surface area contributed by atoms with E-state index in [-0.39, 0.29) is 0 Å². The lowest BCUT2D eigenvalue weighted by atomic mass is 10.1. The summed E-state index contributed by atoms with van der Waals surface area (Å²) in [5.41, 5.74) is 7.00. The van der Waals surface area contributed by atoms with Gasteiger partial charge >= 0.3 is 0 Å². The van der Waals surface area contributed by atoms with Gasteiger partial charge in [0.15, 0.2) is 0 Å². The van der Waals surface area contributed by atoms with E-state index >= 15 is 0 Å². The minimum absolute atomic E-state index is 0.817. The van der Waals surface area contributed by atoms with E-state index in [9.17, 15) is 0 Å². The number of H-pyrrole nitrogens is 1. The van der Waals surface area contributed by atoms with Gasteiger partial charge in [-0.2, -0.15) is 5.10 Å². The third-order valence-electron chi connectivity index (χ3n) is 5.43. The molecule has 2 aromatic carbocycles. The van der Waals surface area contributed by atoms with Crippen LogP contribution in [0, 0.1) is 13.8 Å². The fourth-order valence-corrected chi connectivity index (χ4v) is 3.82. The maximum atomic E-state index is 4.98. The molecule has 4 aromatic rings. The van der Waals surface area contributed by atoms with Gasteiger partial charge in [-0.05, 0) is 46.0 Å². The van der Waals surface area contributed by atoms with Crippen LogP contribution >= 0.6 is 0 Å². The minimum Gasteiger partial charge on any atom is -0.291 e. The van der Waals surface area contributed by atoms with Crippen molar-refractivity contribution in [2.75, 3.05) is 7.05 Å². The predicted octanol–water partition coefficient (Wildman–Crippen LogP) is 4.42. The smallest absolute Gasteiger partial charge is 0.268 e. The molecular formula is C25H30N5+. The Balaban J connectivity index is 1.67. The Morgan fingerprint density at radius 2 is 1.83 bits per heavy atom. The summed E-state index contributed by atoms with van der Waals surface area (Å²) in [6.07, 6.45) is 6.26. The first-order valence-electron chi connectivity index (χ1n) is 10.5. The Kier molecular flexibility index (Phi) is 5.81. The van der Waals surface area contributed by atoms with Crippen molar-refractivity contribution in [3.8, 4) is 16.9 Å². The van der Waals surface area contributed by atoms with Crippen LogP contribution in [-0.2, 0) is 19.6 Å². The molecule has 1 N–H and O–H groups in total. The summed E-state index contributed by atoms with van der Waals surface area (Å²) in [5.74, 6) is 1.21. The summed E-state index contributed by atoms with van der Waals surface area (Å²) in [7, 11) is 2.16. The molecule has 154 valence electrons. The van der Waals surface area contributed by atoms with Crippen molar-refractivity contribution in [2.24, 2.45) is 0 Å². The highest BCUT2D eigenvalue weighted by Gasteiger charge is 2.17. The van der Waals surface area contributed by atoms with Gasteiger partial charge in [0.2, 0.25) is 0 Å². The SMILES string of the molecule is CC[n+]1cc[nH]c1CN(C)Cc1cn(-c2ccc(C)cc2)nc1-c1cccc(C)c1. The number of hydrogen-bond donors (Lipinski definition) is 1. The fourth-order valence-electron chi connectivity index (χ4n) is 3.82. The molecule has 0 amide bonds. The van der Waals surface area contributed by atoms with Gasteiger partial charge in [-0.25, -0.2) is 14.2 Å². The Bertz CT molecular complexity index is 1120. The lowest BCUT2D eigenvalue weighted by Crippen LogP contribution is -2.37. The van der Waals surface area contributed by atoms with Crippen LogP contribution in [0.4, 0.5) is 0 Å². The lowest BCUT2D eigenvalue weighted by Gasteiger charge is -2.14. The Labute approximate surface area is 178 Å². The van der Waals surface area contributed by atoms with E-state index in [1.54, 1.807) is 0 Å². The molecule has 0 radical (unpaired) electrons. The third-order valence-corrected chi connectivity index (χ3v) is 5.43. The molecular weight excluding hydrogens is 370 g/mol. The molecule has 0 unspecified atom stereocenters. The average molecular weight is 401 g/mol. The van der Waals surface area contributed by atoms with E-state index in [1.165, 1.54) is 22.5 Å². The molecule has 2 aromatic heterocycles. The van der Waals surface area contributed by atoms with Crippen LogP contribution in [0.3, 0.4) is 0 Å². The zero-order valence-corrected chi connectivity index (χ0v) is 18.3. The molecule has 0 aliphatic rings. The molecule has 0 atom stereocenters. The van der Waals surface area contributed by atoms with Crippen molar-refractivity contribution in [1.29, 1.82) is 0 Å². The quantitative estimate of drug-likeness (QED) is 0.467. The second kappa shape index (κ2) is 8.67. The fraction of sp³-hybridized carbons (Fsp3) is 0.280. The van der Waals surface area contributed by atoms with Crippen LogP contribution in [0.25, 0.3) is 16.9 Å². The van der Waals surface area contributed by atoms with Gasteiger partial charge in [-0.3, -0.25) is 4.90 Å². The average Bonchev–Trinajstić information content (AvgIpc) is 3.35. The molecule has 0 spiro atoms. The molecule has 5 heteroatoms. The highest BCUT2D eigenvalue weighted by atomic mass is 15.3. The molecule has 0 bridgehead atoms. The molecule has 0 aliphatic carbocycles. The highest BCUT2D eigenvalue weighted by Crippen LogP contribution is 2.26. The topological polar surface area (TPSA) is 40.7 Å². The van der Waals surface area contributed by atoms with Crippen LogP contribution in [-0.4, -0.2) is 26.7 Å². The summed E-state index contributed by atoms with van der Waals surface area (Å²) in [6, 6.07) is 17.1. The Morgan fingerprint density at radius 1 is 1.03 bits per heavy atom. The molecule has 5 nitrogen and oxygen atoms in total. The summed E-state index contributed by atoms with van der Waals surface area (Å²) in [5, 5.41) is 4.98. The summed E-state index contributed by atoms with van der Waals surface area (Å²) in [4.78, 5) is 5.69. The Morgan fingerprint density at radius 3 is 2.57 bits per heavy atom. The van der Waals surface area contributed by atoms with Gasteiger partial charge in [0.25, 0.3) is 5.82 Å². The first kappa shape index (κ1) is 20.1. The van der Waals surface area contributed by atoms with Gasteiger partial charge in [-0.15, -0.1) is 0 Å². The summed E-state index contributed by atoms with van der Waals surface area (Å²) in [6.45, 7) is 9.03. The number of benzene rings is 2. The number of imidazole rings is 1. The molecule has 0 fully saturated rings. The molecule has 0 saturated carbocycles. The van der Waals surface area contributed by atoms with Gasteiger partial charge in [0, 0.05) is 23.9 Å². The summed E-state index contributed by atoms with van der Waals surface area (Å²) >= 11 is 0. The van der Waals surface area contributed by atoms with Gasteiger partial charge in [-0.1, -0.05) is 41.5 Å². The maximum Gasteiger partial charge on any atom is 0.268 e. The molecule has 4 rings (SSSR count). The second-order valence-corrected chi connectivity index (χ2v) is 8.02. The molecule has 0 saturated heterocycles. The normalized spacial score (nSPS) is 11.4. The standard InChI is InChI=1S/C25H29N5/c1-5-29-14-13-26-24(29)18-28(4)16-22-17-30(23-11-9-19(2)10-12-23)27-25(22)21-8-6-7-20(3)15-21/h6-15,17H,5,16,18H2,1-4H3/p+1. The van der Waals surface area contributed by atoms with Gasteiger partial charge in [0.1, 0.15) is 18.9 Å². The van der Waals surface area contributed by atoms with Gasteiger partial charge in [0.05, 0.1) is 17.9 Å². The first-order valence-corrected chi connectivity index (χ1v) is 10.5. The van der Waals surface area contributed by atoms with E-state index in [0.717, 1.165) is 36.6 Å². The number of rotatable bonds is 7. The van der Waals surface area contributed by atoms with Crippen LogP contribution in [0.5, 0.6) is 0 Å². The maximum absolute atomic E-state index is 4.98. The predicted molar refractivity (Wildman–Crippen MR) is 120 cm³/mol. The van der Waals surface area contributed by atoms with Gasteiger partial charge < -0.3 is 0 Å². The van der Waals surface area contributed by atoms with Crippen LogP contribution in [0.2, 0.25) is 0 Å². The number of aromatic amines is 1. The van der Waals surface area contributed by atoms with Crippen LogP contribution in [0.15, 0.2) is 67.1 Å². The number of nitrogens with one attached hydrogen (secondary N) is 1. The third kappa shape index (κ3) is 4.36. The zero-order chi connectivity index (χ0) is 21.1. The second-order valence-electron chi connectivity index (χ2n) is 8.02. The van der Waals surface area contributed by atoms with E-state index in [2.05, 4.69) is 103 Å². The van der Waals surface area contributed by atoms with Crippen molar-refractivity contribution in [2.45, 2.75) is 40.4 Å². The van der Waals surface area contributed by atoms with Crippen molar-refractivity contribution >= 4 is 0 Å².